The van der Waals surface area contributed by atoms with Crippen LogP contribution in [0.15, 0.2) is 12.3 Å². The summed E-state index contributed by atoms with van der Waals surface area (Å²) >= 11 is 5.73. The van der Waals surface area contributed by atoms with Crippen LogP contribution in [0, 0.1) is 11.2 Å². The maximum Gasteiger partial charge on any atom is 0.169 e. The van der Waals surface area contributed by atoms with Gasteiger partial charge in [-0.2, -0.15) is 15.0 Å². The summed E-state index contributed by atoms with van der Waals surface area (Å²) < 4.78 is 14.1. The molecule has 0 spiro atoms. The zero-order valence-electron chi connectivity index (χ0n) is 12.1. The molecule has 0 fully saturated rings. The Hall–Kier alpha value is -1.49. The Balaban J connectivity index is 2.39. The van der Waals surface area contributed by atoms with E-state index in [0.717, 1.165) is 18.5 Å². The third kappa shape index (κ3) is 3.33. The lowest BCUT2D eigenvalue weighted by Gasteiger charge is -2.17. The van der Waals surface area contributed by atoms with Gasteiger partial charge in [-0.25, -0.2) is 9.37 Å². The summed E-state index contributed by atoms with van der Waals surface area (Å²) in [6.07, 6.45) is 3.16. The molecule has 0 aliphatic rings. The number of nitrogens with zero attached hydrogens (tertiary/aromatic N) is 4. The van der Waals surface area contributed by atoms with Crippen LogP contribution < -0.4 is 0 Å². The highest BCUT2D eigenvalue weighted by Crippen LogP contribution is 2.29. The summed E-state index contributed by atoms with van der Waals surface area (Å²) in [6.45, 7) is 6.48. The average Bonchev–Trinajstić information content (AvgIpc) is 2.70. The zero-order valence-corrected chi connectivity index (χ0v) is 12.9. The Morgan fingerprint density at radius 1 is 1.30 bits per heavy atom. The molecule has 2 heterocycles. The number of aromatic nitrogens is 4. The minimum atomic E-state index is -0.549. The highest BCUT2D eigenvalue weighted by Gasteiger charge is 2.20. The van der Waals surface area contributed by atoms with Gasteiger partial charge in [0.25, 0.3) is 0 Å². The van der Waals surface area contributed by atoms with E-state index in [-0.39, 0.29) is 10.6 Å². The van der Waals surface area contributed by atoms with E-state index in [4.69, 9.17) is 11.6 Å². The van der Waals surface area contributed by atoms with Crippen molar-refractivity contribution in [1.82, 2.24) is 20.0 Å². The van der Waals surface area contributed by atoms with Gasteiger partial charge in [0.2, 0.25) is 0 Å². The summed E-state index contributed by atoms with van der Waals surface area (Å²) in [6, 6.07) is 1.58. The van der Waals surface area contributed by atoms with E-state index >= 15 is 0 Å². The molecule has 0 atom stereocenters. The second-order valence-corrected chi connectivity index (χ2v) is 6.37. The highest BCUT2D eigenvalue weighted by molar-refractivity contribution is 6.29. The van der Waals surface area contributed by atoms with E-state index in [1.54, 1.807) is 13.1 Å². The normalized spacial score (nSPS) is 11.9. The van der Waals surface area contributed by atoms with Gasteiger partial charge in [0, 0.05) is 18.8 Å². The van der Waals surface area contributed by atoms with Gasteiger partial charge in [0.15, 0.2) is 11.0 Å². The molecule has 0 amide bonds. The minimum Gasteiger partial charge on any atom is -0.242 e. The maximum absolute atomic E-state index is 14.1. The number of halogens is 2. The topological polar surface area (TPSA) is 43.6 Å². The van der Waals surface area contributed by atoms with Gasteiger partial charge in [-0.3, -0.25) is 0 Å². The van der Waals surface area contributed by atoms with Crippen LogP contribution in [0.5, 0.6) is 0 Å². The number of pyridine rings is 1. The molecule has 6 heteroatoms. The molecule has 108 valence electrons. The second kappa shape index (κ2) is 5.48. The van der Waals surface area contributed by atoms with E-state index in [2.05, 4.69) is 36.0 Å². The van der Waals surface area contributed by atoms with E-state index in [1.807, 2.05) is 0 Å². The third-order valence-electron chi connectivity index (χ3n) is 3.00. The summed E-state index contributed by atoms with van der Waals surface area (Å²) in [5, 5.41) is 8.46. The molecule has 0 unspecified atom stereocenters. The quantitative estimate of drug-likeness (QED) is 0.812. The molecule has 4 nitrogen and oxygen atoms in total. The fourth-order valence-electron chi connectivity index (χ4n) is 1.92. The highest BCUT2D eigenvalue weighted by atomic mass is 35.5. The van der Waals surface area contributed by atoms with Crippen molar-refractivity contribution in [2.45, 2.75) is 33.6 Å². The summed E-state index contributed by atoms with van der Waals surface area (Å²) in [5.41, 5.74) is 1.85. The molecule has 0 aliphatic carbocycles. The van der Waals surface area contributed by atoms with Gasteiger partial charge in [-0.05, 0) is 24.3 Å². The first-order valence-corrected chi connectivity index (χ1v) is 6.86. The molecular weight excluding hydrogens is 279 g/mol. The molecule has 2 rings (SSSR count). The van der Waals surface area contributed by atoms with Crippen molar-refractivity contribution >= 4 is 11.6 Å². The monoisotopic (exact) mass is 296 g/mol. The van der Waals surface area contributed by atoms with Crippen LogP contribution >= 0.6 is 11.6 Å². The van der Waals surface area contributed by atoms with Crippen LogP contribution in [0.2, 0.25) is 5.15 Å². The minimum absolute atomic E-state index is 0.144. The molecule has 2 aromatic rings. The lowest BCUT2D eigenvalue weighted by molar-refractivity contribution is 0.376. The van der Waals surface area contributed by atoms with Crippen LogP contribution in [-0.2, 0) is 13.5 Å². The van der Waals surface area contributed by atoms with Gasteiger partial charge in [0.1, 0.15) is 5.69 Å². The zero-order chi connectivity index (χ0) is 14.9. The van der Waals surface area contributed by atoms with Crippen LogP contribution in [0.25, 0.3) is 11.3 Å². The molecule has 20 heavy (non-hydrogen) atoms. The Morgan fingerprint density at radius 2 is 2.00 bits per heavy atom. The van der Waals surface area contributed by atoms with Crippen LogP contribution in [0.4, 0.5) is 4.39 Å². The molecule has 0 N–H and O–H groups in total. The predicted octanol–water partition coefficient (Wildman–Crippen LogP) is 3.65. The Morgan fingerprint density at radius 3 is 2.65 bits per heavy atom. The number of hydrogen-bond acceptors (Lipinski definition) is 3. The van der Waals surface area contributed by atoms with E-state index < -0.39 is 5.82 Å². The molecular formula is C14H18ClFN4. The van der Waals surface area contributed by atoms with Gasteiger partial charge < -0.3 is 0 Å². The molecule has 2 aromatic heterocycles. The van der Waals surface area contributed by atoms with Crippen molar-refractivity contribution < 1.29 is 4.39 Å². The Bertz CT molecular complexity index is 616. The Kier molecular flexibility index (Phi) is 4.09. The van der Waals surface area contributed by atoms with E-state index in [1.165, 1.54) is 11.0 Å². The molecule has 0 saturated heterocycles. The van der Waals surface area contributed by atoms with Crippen molar-refractivity contribution in [3.63, 3.8) is 0 Å². The molecule has 0 aromatic carbocycles. The van der Waals surface area contributed by atoms with Crippen LogP contribution in [0.1, 0.15) is 32.9 Å². The van der Waals surface area contributed by atoms with E-state index in [9.17, 15) is 4.39 Å². The van der Waals surface area contributed by atoms with Gasteiger partial charge in [-0.1, -0.05) is 32.4 Å². The van der Waals surface area contributed by atoms with Gasteiger partial charge >= 0.3 is 0 Å². The van der Waals surface area contributed by atoms with Crippen molar-refractivity contribution in [3.05, 3.63) is 28.9 Å². The number of aryl methyl sites for hydroxylation is 2. The van der Waals surface area contributed by atoms with E-state index in [0.29, 0.717) is 11.3 Å². The fourth-order valence-corrected chi connectivity index (χ4v) is 2.08. The summed E-state index contributed by atoms with van der Waals surface area (Å²) in [4.78, 5) is 5.18. The van der Waals surface area contributed by atoms with Gasteiger partial charge in [0.05, 0.1) is 5.69 Å². The lowest BCUT2D eigenvalue weighted by Crippen LogP contribution is -2.07. The van der Waals surface area contributed by atoms with Crippen LogP contribution in [0.3, 0.4) is 0 Å². The molecule has 0 saturated carbocycles. The SMILES string of the molecule is Cn1nc(CCC(C)(C)C)c(-c2ccnc(Cl)c2F)n1. The van der Waals surface area contributed by atoms with Crippen molar-refractivity contribution in [2.24, 2.45) is 12.5 Å². The smallest absolute Gasteiger partial charge is 0.169 e. The fraction of sp³-hybridized carbons (Fsp3) is 0.500. The van der Waals surface area contributed by atoms with Gasteiger partial charge in [-0.15, -0.1) is 0 Å². The number of rotatable bonds is 3. The number of hydrogen-bond donors (Lipinski definition) is 0. The van der Waals surface area contributed by atoms with Crippen molar-refractivity contribution in [2.75, 3.05) is 0 Å². The van der Waals surface area contributed by atoms with Crippen molar-refractivity contribution in [3.8, 4) is 11.3 Å². The first-order valence-electron chi connectivity index (χ1n) is 6.48. The molecule has 0 aliphatic heterocycles. The summed E-state index contributed by atoms with van der Waals surface area (Å²) in [7, 11) is 1.73. The first-order chi connectivity index (χ1) is 9.28. The predicted molar refractivity (Wildman–Crippen MR) is 77.0 cm³/mol. The lowest BCUT2D eigenvalue weighted by atomic mass is 9.89. The summed E-state index contributed by atoms with van der Waals surface area (Å²) in [5.74, 6) is -0.549. The van der Waals surface area contributed by atoms with Crippen molar-refractivity contribution in [1.29, 1.82) is 0 Å². The average molecular weight is 297 g/mol. The largest absolute Gasteiger partial charge is 0.242 e. The second-order valence-electron chi connectivity index (χ2n) is 6.01. The molecule has 0 radical (unpaired) electrons. The Labute approximate surface area is 123 Å². The van der Waals surface area contributed by atoms with Crippen LogP contribution in [-0.4, -0.2) is 20.0 Å². The molecule has 0 bridgehead atoms. The maximum atomic E-state index is 14.1. The third-order valence-corrected chi connectivity index (χ3v) is 3.26. The first kappa shape index (κ1) is 14.9. The standard InChI is InChI=1S/C14H18ClFN4/c1-14(2,3)7-5-10-12(19-20(4)18-10)9-6-8-17-13(15)11(9)16/h6,8H,5,7H2,1-4H3.